The molecule has 1 N–H and O–H groups in total. The molecular formula is C15H16Cl2N2O3. The number of para-hydroxylation sites is 1. The highest BCUT2D eigenvalue weighted by atomic mass is 35.5. The summed E-state index contributed by atoms with van der Waals surface area (Å²) in [4.78, 5) is 26.3. The molecule has 1 saturated carbocycles. The SMILES string of the molecule is O=C(Nc1c(Cl)cccc1Cl)C1CC1C(=O)N1CCOCC1. The third-order valence-corrected chi connectivity index (χ3v) is 4.61. The molecule has 22 heavy (non-hydrogen) atoms. The Labute approximate surface area is 138 Å². The van der Waals surface area contributed by atoms with E-state index in [4.69, 9.17) is 27.9 Å². The Bertz CT molecular complexity index is 582. The normalized spacial score (nSPS) is 24.0. The summed E-state index contributed by atoms with van der Waals surface area (Å²) in [6.45, 7) is 2.31. The topological polar surface area (TPSA) is 58.6 Å². The van der Waals surface area contributed by atoms with Gasteiger partial charge in [0.1, 0.15) is 0 Å². The molecule has 0 aromatic heterocycles. The number of nitrogens with one attached hydrogen (secondary N) is 1. The van der Waals surface area contributed by atoms with Crippen LogP contribution in [0, 0.1) is 11.8 Å². The molecular weight excluding hydrogens is 327 g/mol. The highest BCUT2D eigenvalue weighted by Gasteiger charge is 2.49. The molecule has 0 bridgehead atoms. The molecule has 0 spiro atoms. The number of hydrogen-bond acceptors (Lipinski definition) is 3. The van der Waals surface area contributed by atoms with Crippen molar-refractivity contribution in [1.29, 1.82) is 0 Å². The summed E-state index contributed by atoms with van der Waals surface area (Å²) < 4.78 is 5.23. The van der Waals surface area contributed by atoms with E-state index in [0.717, 1.165) is 0 Å². The Kier molecular flexibility index (Phi) is 4.57. The Morgan fingerprint density at radius 2 is 1.77 bits per heavy atom. The fourth-order valence-electron chi connectivity index (χ4n) is 2.61. The highest BCUT2D eigenvalue weighted by molar-refractivity contribution is 6.39. The van der Waals surface area contributed by atoms with E-state index in [1.807, 2.05) is 0 Å². The third-order valence-electron chi connectivity index (χ3n) is 3.98. The molecule has 2 fully saturated rings. The van der Waals surface area contributed by atoms with Crippen LogP contribution < -0.4 is 5.32 Å². The lowest BCUT2D eigenvalue weighted by Crippen LogP contribution is -2.42. The maximum absolute atomic E-state index is 12.3. The van der Waals surface area contributed by atoms with E-state index in [1.165, 1.54) is 0 Å². The van der Waals surface area contributed by atoms with Crippen molar-refractivity contribution in [2.45, 2.75) is 6.42 Å². The van der Waals surface area contributed by atoms with Gasteiger partial charge in [-0.05, 0) is 18.6 Å². The maximum Gasteiger partial charge on any atom is 0.228 e. The zero-order valence-corrected chi connectivity index (χ0v) is 13.4. The number of rotatable bonds is 3. The van der Waals surface area contributed by atoms with Crippen molar-refractivity contribution in [3.05, 3.63) is 28.2 Å². The van der Waals surface area contributed by atoms with Crippen LogP contribution in [0.25, 0.3) is 0 Å². The number of carbonyl (C=O) groups excluding carboxylic acids is 2. The largest absolute Gasteiger partial charge is 0.378 e. The number of ether oxygens (including phenoxy) is 1. The zero-order chi connectivity index (χ0) is 15.7. The summed E-state index contributed by atoms with van der Waals surface area (Å²) in [6.07, 6.45) is 0.574. The van der Waals surface area contributed by atoms with Crippen LogP contribution in [0.15, 0.2) is 18.2 Å². The minimum absolute atomic E-state index is 0.0358. The third kappa shape index (κ3) is 3.21. The summed E-state index contributed by atoms with van der Waals surface area (Å²) in [5.41, 5.74) is 0.403. The molecule has 1 aliphatic carbocycles. The van der Waals surface area contributed by atoms with Crippen molar-refractivity contribution in [3.8, 4) is 0 Å². The first-order valence-corrected chi connectivity index (χ1v) is 7.95. The number of anilines is 1. The molecule has 7 heteroatoms. The molecule has 2 aliphatic rings. The first-order valence-electron chi connectivity index (χ1n) is 7.19. The maximum atomic E-state index is 12.3. The fourth-order valence-corrected chi connectivity index (χ4v) is 3.10. The lowest BCUT2D eigenvalue weighted by Gasteiger charge is -2.27. The van der Waals surface area contributed by atoms with Gasteiger partial charge < -0.3 is 15.0 Å². The van der Waals surface area contributed by atoms with E-state index >= 15 is 0 Å². The van der Waals surface area contributed by atoms with Crippen molar-refractivity contribution in [3.63, 3.8) is 0 Å². The Hall–Kier alpha value is -1.30. The average Bonchev–Trinajstić information content (AvgIpc) is 3.32. The summed E-state index contributed by atoms with van der Waals surface area (Å²) in [5, 5.41) is 3.50. The van der Waals surface area contributed by atoms with Gasteiger partial charge in [-0.3, -0.25) is 9.59 Å². The van der Waals surface area contributed by atoms with Crippen LogP contribution in [0.5, 0.6) is 0 Å². The van der Waals surface area contributed by atoms with E-state index in [9.17, 15) is 9.59 Å². The van der Waals surface area contributed by atoms with Crippen LogP contribution in [-0.2, 0) is 14.3 Å². The van der Waals surface area contributed by atoms with Crippen LogP contribution in [0.2, 0.25) is 10.0 Å². The van der Waals surface area contributed by atoms with Gasteiger partial charge in [-0.2, -0.15) is 0 Å². The molecule has 1 saturated heterocycles. The number of nitrogens with zero attached hydrogens (tertiary/aromatic N) is 1. The van der Waals surface area contributed by atoms with Gasteiger partial charge in [-0.25, -0.2) is 0 Å². The van der Waals surface area contributed by atoms with Gasteiger partial charge in [0.2, 0.25) is 11.8 Å². The fraction of sp³-hybridized carbons (Fsp3) is 0.467. The molecule has 5 nitrogen and oxygen atoms in total. The van der Waals surface area contributed by atoms with Gasteiger partial charge in [-0.1, -0.05) is 29.3 Å². The number of amides is 2. The van der Waals surface area contributed by atoms with Crippen molar-refractivity contribution in [2.75, 3.05) is 31.6 Å². The zero-order valence-electron chi connectivity index (χ0n) is 11.9. The van der Waals surface area contributed by atoms with E-state index in [0.29, 0.717) is 48.5 Å². The summed E-state index contributed by atoms with van der Waals surface area (Å²) >= 11 is 12.1. The van der Waals surface area contributed by atoms with Gasteiger partial charge >= 0.3 is 0 Å². The van der Waals surface area contributed by atoms with Gasteiger partial charge in [-0.15, -0.1) is 0 Å². The van der Waals surface area contributed by atoms with Crippen molar-refractivity contribution in [1.82, 2.24) is 4.90 Å². The molecule has 1 heterocycles. The monoisotopic (exact) mass is 342 g/mol. The number of hydrogen-bond donors (Lipinski definition) is 1. The van der Waals surface area contributed by atoms with Crippen LogP contribution in [0.1, 0.15) is 6.42 Å². The summed E-state index contributed by atoms with van der Waals surface area (Å²) in [5.74, 6) is -0.711. The molecule has 3 rings (SSSR count). The second-order valence-corrected chi connectivity index (χ2v) is 6.29. The molecule has 2 unspecified atom stereocenters. The van der Waals surface area contributed by atoms with Gasteiger partial charge in [0.05, 0.1) is 40.8 Å². The van der Waals surface area contributed by atoms with Gasteiger partial charge in [0.15, 0.2) is 0 Å². The molecule has 118 valence electrons. The molecule has 1 aliphatic heterocycles. The number of benzene rings is 1. The first kappa shape index (κ1) is 15.6. The quantitative estimate of drug-likeness (QED) is 0.917. The Morgan fingerprint density at radius 3 is 2.41 bits per heavy atom. The van der Waals surface area contributed by atoms with Crippen molar-refractivity contribution >= 4 is 40.7 Å². The minimum Gasteiger partial charge on any atom is -0.378 e. The van der Waals surface area contributed by atoms with Crippen LogP contribution in [-0.4, -0.2) is 43.0 Å². The lowest BCUT2D eigenvalue weighted by atomic mass is 10.2. The predicted octanol–water partition coefficient (Wildman–Crippen LogP) is 2.43. The van der Waals surface area contributed by atoms with Crippen LogP contribution >= 0.6 is 23.2 Å². The van der Waals surface area contributed by atoms with E-state index in [2.05, 4.69) is 5.32 Å². The molecule has 1 aromatic carbocycles. The minimum atomic E-state index is -0.303. The smallest absolute Gasteiger partial charge is 0.228 e. The summed E-state index contributed by atoms with van der Waals surface area (Å²) in [7, 11) is 0. The van der Waals surface area contributed by atoms with E-state index in [-0.39, 0.29) is 23.7 Å². The van der Waals surface area contributed by atoms with Gasteiger partial charge in [0.25, 0.3) is 0 Å². The predicted molar refractivity (Wildman–Crippen MR) is 84.1 cm³/mol. The van der Waals surface area contributed by atoms with Crippen LogP contribution in [0.4, 0.5) is 5.69 Å². The molecule has 2 amide bonds. The van der Waals surface area contributed by atoms with E-state index in [1.54, 1.807) is 23.1 Å². The second-order valence-electron chi connectivity index (χ2n) is 5.47. The van der Waals surface area contributed by atoms with Gasteiger partial charge in [0, 0.05) is 13.1 Å². The number of halogens is 2. The second kappa shape index (κ2) is 6.44. The lowest BCUT2D eigenvalue weighted by molar-refractivity contribution is -0.137. The van der Waals surface area contributed by atoms with E-state index < -0.39 is 0 Å². The van der Waals surface area contributed by atoms with Crippen molar-refractivity contribution < 1.29 is 14.3 Å². The average molecular weight is 343 g/mol. The van der Waals surface area contributed by atoms with Crippen LogP contribution in [0.3, 0.4) is 0 Å². The molecule has 2 atom stereocenters. The standard InChI is InChI=1S/C15H16Cl2N2O3/c16-11-2-1-3-12(17)13(11)18-14(20)9-8-10(9)15(21)19-4-6-22-7-5-19/h1-3,9-10H,4-8H2,(H,18,20). The molecule has 1 aromatic rings. The summed E-state index contributed by atoms with van der Waals surface area (Å²) in [6, 6.07) is 5.03. The molecule has 0 radical (unpaired) electrons. The Balaban J connectivity index is 1.60. The first-order chi connectivity index (χ1) is 10.6. The van der Waals surface area contributed by atoms with Crippen molar-refractivity contribution in [2.24, 2.45) is 11.8 Å². The Morgan fingerprint density at radius 1 is 1.14 bits per heavy atom. The number of carbonyl (C=O) groups is 2. The highest BCUT2D eigenvalue weighted by Crippen LogP contribution is 2.42. The number of morpholine rings is 1.